The van der Waals surface area contributed by atoms with Crippen molar-refractivity contribution in [1.82, 2.24) is 5.32 Å². The van der Waals surface area contributed by atoms with Crippen molar-refractivity contribution < 1.29 is 19.4 Å². The van der Waals surface area contributed by atoms with E-state index in [0.717, 1.165) is 17.5 Å². The van der Waals surface area contributed by atoms with Gasteiger partial charge < -0.3 is 25.3 Å². The smallest absolute Gasteiger partial charge is 0.407 e. The fourth-order valence-electron chi connectivity index (χ4n) is 3.12. The molecule has 0 radical (unpaired) electrons. The van der Waals surface area contributed by atoms with Crippen LogP contribution in [0.15, 0.2) is 24.3 Å². The van der Waals surface area contributed by atoms with Crippen molar-refractivity contribution in [1.29, 1.82) is 0 Å². The summed E-state index contributed by atoms with van der Waals surface area (Å²) in [7, 11) is 0. The number of carbonyl (C=O) groups is 2. The van der Waals surface area contributed by atoms with Crippen molar-refractivity contribution in [2.75, 3.05) is 11.9 Å². The first-order valence-corrected chi connectivity index (χ1v) is 9.23. The number of nitrogens with one attached hydrogen (secondary N) is 2. The van der Waals surface area contributed by atoms with Crippen LogP contribution in [-0.4, -0.2) is 41.8 Å². The summed E-state index contributed by atoms with van der Waals surface area (Å²) in [4.78, 5) is 23.0. The third kappa shape index (κ3) is 6.33. The number of aliphatic hydroxyl groups is 1. The van der Waals surface area contributed by atoms with Gasteiger partial charge in [-0.05, 0) is 51.7 Å². The average Bonchev–Trinajstić information content (AvgIpc) is 2.56. The van der Waals surface area contributed by atoms with Gasteiger partial charge in [-0.1, -0.05) is 18.2 Å². The maximum atomic E-state index is 11.6. The lowest BCUT2D eigenvalue weighted by molar-refractivity contribution is -0.111. The molecule has 0 fully saturated rings. The number of alkyl carbamates (subject to hydrolysis) is 1. The predicted octanol–water partition coefficient (Wildman–Crippen LogP) is 2.89. The summed E-state index contributed by atoms with van der Waals surface area (Å²) >= 11 is 0. The van der Waals surface area contributed by atoms with Crippen molar-refractivity contribution >= 4 is 18.1 Å². The third-order valence-corrected chi connectivity index (χ3v) is 4.48. The Hall–Kier alpha value is -2.08. The molecule has 0 saturated heterocycles. The first kappa shape index (κ1) is 20.2. The molecule has 26 heavy (non-hydrogen) atoms. The minimum atomic E-state index is -0.534. The van der Waals surface area contributed by atoms with Crippen LogP contribution in [0.2, 0.25) is 0 Å². The van der Waals surface area contributed by atoms with Crippen LogP contribution in [-0.2, 0) is 16.0 Å². The number of para-hydroxylation sites is 1. The molecule has 3 N–H and O–H groups in total. The Balaban J connectivity index is 1.75. The van der Waals surface area contributed by atoms with Gasteiger partial charge in [0, 0.05) is 24.6 Å². The highest BCUT2D eigenvalue weighted by atomic mass is 16.6. The van der Waals surface area contributed by atoms with Crippen LogP contribution in [0.4, 0.5) is 10.5 Å². The molecule has 6 nitrogen and oxygen atoms in total. The summed E-state index contributed by atoms with van der Waals surface area (Å²) in [6.45, 7) is 5.81. The molecule has 0 saturated carbocycles. The Morgan fingerprint density at radius 2 is 2.12 bits per heavy atom. The van der Waals surface area contributed by atoms with E-state index in [1.807, 2.05) is 24.3 Å². The van der Waals surface area contributed by atoms with E-state index in [-0.39, 0.29) is 12.0 Å². The van der Waals surface area contributed by atoms with Gasteiger partial charge in [-0.15, -0.1) is 0 Å². The van der Waals surface area contributed by atoms with Crippen molar-refractivity contribution in [3.05, 3.63) is 29.8 Å². The summed E-state index contributed by atoms with van der Waals surface area (Å²) in [6.07, 6.45) is 2.55. The first-order valence-electron chi connectivity index (χ1n) is 9.23. The SMILES string of the molecule is CC(C)(C)OC(=O)NCC[C@@H](C=O)CCC1Nc2ccccc2CC1O. The van der Waals surface area contributed by atoms with Crippen LogP contribution >= 0.6 is 0 Å². The van der Waals surface area contributed by atoms with E-state index in [4.69, 9.17) is 4.74 Å². The Bertz CT molecular complexity index is 612. The number of fused-ring (bicyclic) bond motifs is 1. The zero-order chi connectivity index (χ0) is 19.2. The first-order chi connectivity index (χ1) is 12.3. The lowest BCUT2D eigenvalue weighted by atomic mass is 9.90. The Labute approximate surface area is 155 Å². The van der Waals surface area contributed by atoms with Crippen LogP contribution < -0.4 is 10.6 Å². The minimum Gasteiger partial charge on any atom is -0.444 e. The lowest BCUT2D eigenvalue weighted by Gasteiger charge is -2.32. The molecular weight excluding hydrogens is 332 g/mol. The van der Waals surface area contributed by atoms with Crippen molar-refractivity contribution in [2.45, 2.75) is 64.2 Å². The van der Waals surface area contributed by atoms with E-state index in [0.29, 0.717) is 32.2 Å². The number of rotatable bonds is 7. The van der Waals surface area contributed by atoms with Gasteiger partial charge in [0.05, 0.1) is 12.1 Å². The molecule has 1 aromatic carbocycles. The summed E-state index contributed by atoms with van der Waals surface area (Å²) in [5.41, 5.74) is 1.63. The number of carbonyl (C=O) groups excluding carboxylic acids is 2. The maximum absolute atomic E-state index is 11.6. The van der Waals surface area contributed by atoms with Gasteiger partial charge in [-0.3, -0.25) is 0 Å². The number of amides is 1. The van der Waals surface area contributed by atoms with Gasteiger partial charge in [-0.25, -0.2) is 4.79 Å². The molecule has 1 aliphatic rings. The van der Waals surface area contributed by atoms with Crippen molar-refractivity contribution in [3.63, 3.8) is 0 Å². The molecule has 2 unspecified atom stereocenters. The molecule has 0 aliphatic carbocycles. The highest BCUT2D eigenvalue weighted by Crippen LogP contribution is 2.27. The maximum Gasteiger partial charge on any atom is 0.407 e. The number of aldehydes is 1. The Morgan fingerprint density at radius 1 is 1.38 bits per heavy atom. The molecule has 3 atom stereocenters. The summed E-state index contributed by atoms with van der Waals surface area (Å²) < 4.78 is 5.17. The number of ether oxygens (including phenoxy) is 1. The zero-order valence-corrected chi connectivity index (χ0v) is 15.8. The monoisotopic (exact) mass is 362 g/mol. The Kier molecular flexibility index (Phi) is 7.03. The average molecular weight is 362 g/mol. The molecule has 1 amide bonds. The minimum absolute atomic E-state index is 0.0637. The zero-order valence-electron chi connectivity index (χ0n) is 15.8. The molecule has 1 heterocycles. The summed E-state index contributed by atoms with van der Waals surface area (Å²) in [5.74, 6) is -0.156. The number of benzene rings is 1. The molecule has 1 aromatic rings. The lowest BCUT2D eigenvalue weighted by Crippen LogP contribution is -2.39. The number of anilines is 1. The second-order valence-corrected chi connectivity index (χ2v) is 7.87. The molecule has 0 spiro atoms. The van der Waals surface area contributed by atoms with Gasteiger partial charge in [0.1, 0.15) is 11.9 Å². The van der Waals surface area contributed by atoms with E-state index >= 15 is 0 Å². The fourth-order valence-corrected chi connectivity index (χ4v) is 3.12. The molecule has 2 rings (SSSR count). The van der Waals surface area contributed by atoms with Crippen LogP contribution in [0.3, 0.4) is 0 Å². The van der Waals surface area contributed by atoms with E-state index in [1.54, 1.807) is 20.8 Å². The van der Waals surface area contributed by atoms with E-state index in [2.05, 4.69) is 10.6 Å². The van der Waals surface area contributed by atoms with Gasteiger partial charge in [0.25, 0.3) is 0 Å². The second kappa shape index (κ2) is 9.03. The molecular formula is C20H30N2O4. The largest absolute Gasteiger partial charge is 0.444 e. The summed E-state index contributed by atoms with van der Waals surface area (Å²) in [6, 6.07) is 7.89. The quantitative estimate of drug-likeness (QED) is 0.649. The highest BCUT2D eigenvalue weighted by molar-refractivity contribution is 5.67. The topological polar surface area (TPSA) is 87.7 Å². The number of aliphatic hydroxyl groups excluding tert-OH is 1. The molecule has 6 heteroatoms. The van der Waals surface area contributed by atoms with Crippen LogP contribution in [0.1, 0.15) is 45.6 Å². The molecule has 144 valence electrons. The highest BCUT2D eigenvalue weighted by Gasteiger charge is 2.26. The van der Waals surface area contributed by atoms with Gasteiger partial charge in [0.2, 0.25) is 0 Å². The van der Waals surface area contributed by atoms with Gasteiger partial charge in [-0.2, -0.15) is 0 Å². The van der Waals surface area contributed by atoms with Crippen LogP contribution in [0.5, 0.6) is 0 Å². The Morgan fingerprint density at radius 3 is 2.81 bits per heavy atom. The molecule has 1 aliphatic heterocycles. The van der Waals surface area contributed by atoms with Crippen molar-refractivity contribution in [3.8, 4) is 0 Å². The van der Waals surface area contributed by atoms with Crippen LogP contribution in [0.25, 0.3) is 0 Å². The number of hydrogen-bond donors (Lipinski definition) is 3. The van der Waals surface area contributed by atoms with E-state index in [1.165, 1.54) is 0 Å². The molecule has 0 aromatic heterocycles. The normalized spacial score (nSPS) is 20.5. The summed E-state index contributed by atoms with van der Waals surface area (Å²) in [5, 5.41) is 16.4. The van der Waals surface area contributed by atoms with Gasteiger partial charge in [0.15, 0.2) is 0 Å². The van der Waals surface area contributed by atoms with E-state index < -0.39 is 17.8 Å². The van der Waals surface area contributed by atoms with Crippen molar-refractivity contribution in [2.24, 2.45) is 5.92 Å². The van der Waals surface area contributed by atoms with Gasteiger partial charge >= 0.3 is 6.09 Å². The predicted molar refractivity (Wildman–Crippen MR) is 101 cm³/mol. The fraction of sp³-hybridized carbons (Fsp3) is 0.600. The molecule has 0 bridgehead atoms. The standard InChI is InChI=1S/C20H30N2O4/c1-20(2,3)26-19(25)21-11-10-14(13-23)8-9-17-18(24)12-15-6-4-5-7-16(15)22-17/h4-7,13-14,17-18,22,24H,8-12H2,1-3H3,(H,21,25)/t14-,17?,18?/m0/s1. The number of hydrogen-bond acceptors (Lipinski definition) is 5. The second-order valence-electron chi connectivity index (χ2n) is 7.87. The van der Waals surface area contributed by atoms with Crippen LogP contribution in [0, 0.1) is 5.92 Å². The third-order valence-electron chi connectivity index (χ3n) is 4.48. The van der Waals surface area contributed by atoms with E-state index in [9.17, 15) is 14.7 Å².